The molecule has 1 unspecified atom stereocenters. The average Bonchev–Trinajstić information content (AvgIpc) is 2.73. The molecule has 2 heterocycles. The lowest BCUT2D eigenvalue weighted by molar-refractivity contribution is 0.499. The molecule has 0 aliphatic carbocycles. The lowest BCUT2D eigenvalue weighted by Gasteiger charge is -2.15. The summed E-state index contributed by atoms with van der Waals surface area (Å²) in [6, 6.07) is 4.18. The molecule has 2 rings (SSSR count). The molecule has 0 aromatic carbocycles. The minimum Gasteiger partial charge on any atom is -0.466 e. The Labute approximate surface area is 118 Å². The van der Waals surface area contributed by atoms with Gasteiger partial charge in [0.25, 0.3) is 0 Å². The van der Waals surface area contributed by atoms with Gasteiger partial charge in [-0.15, -0.1) is 5.10 Å². The molecule has 5 heteroatoms. The number of furan rings is 1. The van der Waals surface area contributed by atoms with Gasteiger partial charge in [-0.2, -0.15) is 10.4 Å². The summed E-state index contributed by atoms with van der Waals surface area (Å²) in [5, 5.41) is 20.7. The number of hydrogen-bond acceptors (Lipinski definition) is 5. The van der Waals surface area contributed by atoms with Crippen LogP contribution in [0, 0.1) is 39.0 Å². The summed E-state index contributed by atoms with van der Waals surface area (Å²) in [7, 11) is 0. The first-order chi connectivity index (χ1) is 9.43. The van der Waals surface area contributed by atoms with Crippen molar-refractivity contribution in [1.82, 2.24) is 10.2 Å². The number of nitriles is 1. The maximum atomic E-state index is 9.29. The summed E-state index contributed by atoms with van der Waals surface area (Å²) in [6.07, 6.45) is 0. The summed E-state index contributed by atoms with van der Waals surface area (Å²) in [5.74, 6) is 2.26. The summed E-state index contributed by atoms with van der Waals surface area (Å²) < 4.78 is 5.53. The van der Waals surface area contributed by atoms with Gasteiger partial charge in [-0.3, -0.25) is 0 Å². The largest absolute Gasteiger partial charge is 0.466 e. The lowest BCUT2D eigenvalue weighted by atomic mass is 10.1. The molecule has 0 aliphatic heterocycles. The quantitative estimate of drug-likeness (QED) is 0.925. The van der Waals surface area contributed by atoms with Crippen LogP contribution in [-0.4, -0.2) is 10.2 Å². The van der Waals surface area contributed by atoms with Crippen molar-refractivity contribution >= 4 is 5.82 Å². The Morgan fingerprint density at radius 1 is 1.25 bits per heavy atom. The zero-order chi connectivity index (χ0) is 14.9. The fourth-order valence-electron chi connectivity index (χ4n) is 2.21. The van der Waals surface area contributed by atoms with E-state index in [1.165, 1.54) is 0 Å². The molecule has 0 amide bonds. The fraction of sp³-hybridized carbons (Fsp3) is 0.400. The minimum absolute atomic E-state index is 0.00374. The third-order valence-corrected chi connectivity index (χ3v) is 3.47. The highest BCUT2D eigenvalue weighted by molar-refractivity contribution is 5.56. The van der Waals surface area contributed by atoms with E-state index in [0.717, 1.165) is 28.3 Å². The first-order valence-corrected chi connectivity index (χ1v) is 6.51. The summed E-state index contributed by atoms with van der Waals surface area (Å²) in [4.78, 5) is 0. The van der Waals surface area contributed by atoms with Crippen LogP contribution >= 0.6 is 0 Å². The smallest absolute Gasteiger partial charge is 0.167 e. The first kappa shape index (κ1) is 14.1. The number of aryl methyl sites for hydroxylation is 3. The Hall–Kier alpha value is -2.35. The molecule has 0 radical (unpaired) electrons. The molecule has 20 heavy (non-hydrogen) atoms. The van der Waals surface area contributed by atoms with E-state index in [-0.39, 0.29) is 6.04 Å². The Bertz CT molecular complexity index is 682. The van der Waals surface area contributed by atoms with E-state index in [1.807, 2.05) is 40.7 Å². The zero-order valence-corrected chi connectivity index (χ0v) is 12.4. The second-order valence-electron chi connectivity index (χ2n) is 4.98. The van der Waals surface area contributed by atoms with Crippen LogP contribution in [0.5, 0.6) is 0 Å². The molecule has 2 aromatic heterocycles. The number of nitrogens with one attached hydrogen (secondary N) is 1. The normalized spacial score (nSPS) is 12.0. The van der Waals surface area contributed by atoms with E-state index < -0.39 is 0 Å². The van der Waals surface area contributed by atoms with Crippen molar-refractivity contribution in [2.24, 2.45) is 0 Å². The van der Waals surface area contributed by atoms with Crippen molar-refractivity contribution in [2.45, 2.75) is 40.7 Å². The minimum atomic E-state index is -0.00374. The van der Waals surface area contributed by atoms with Crippen molar-refractivity contribution in [3.8, 4) is 6.07 Å². The standard InChI is InChI=1S/C15H18N4O/c1-8-6-13(12(5)20-8)11(4)17-15-14(7-16)9(2)10(3)18-19-15/h6,11H,1-5H3,(H,17,19). The van der Waals surface area contributed by atoms with E-state index in [2.05, 4.69) is 21.6 Å². The van der Waals surface area contributed by atoms with E-state index in [9.17, 15) is 5.26 Å². The molecule has 0 spiro atoms. The average molecular weight is 270 g/mol. The topological polar surface area (TPSA) is 74.7 Å². The molecular weight excluding hydrogens is 252 g/mol. The van der Waals surface area contributed by atoms with Crippen LogP contribution < -0.4 is 5.32 Å². The highest BCUT2D eigenvalue weighted by atomic mass is 16.3. The predicted molar refractivity (Wildman–Crippen MR) is 76.4 cm³/mol. The van der Waals surface area contributed by atoms with Crippen molar-refractivity contribution in [2.75, 3.05) is 5.32 Å². The highest BCUT2D eigenvalue weighted by Gasteiger charge is 2.17. The Morgan fingerprint density at radius 2 is 1.95 bits per heavy atom. The van der Waals surface area contributed by atoms with E-state index in [4.69, 9.17) is 4.42 Å². The maximum Gasteiger partial charge on any atom is 0.167 e. The van der Waals surface area contributed by atoms with Gasteiger partial charge in [0.2, 0.25) is 0 Å². The number of anilines is 1. The molecular formula is C15H18N4O. The molecule has 0 bridgehead atoms. The molecule has 0 fully saturated rings. The second kappa shape index (κ2) is 5.33. The Morgan fingerprint density at radius 3 is 2.50 bits per heavy atom. The Kier molecular flexibility index (Phi) is 3.75. The van der Waals surface area contributed by atoms with Gasteiger partial charge in [-0.1, -0.05) is 0 Å². The third-order valence-electron chi connectivity index (χ3n) is 3.47. The molecule has 0 saturated heterocycles. The van der Waals surface area contributed by atoms with Gasteiger partial charge < -0.3 is 9.73 Å². The van der Waals surface area contributed by atoms with Gasteiger partial charge in [0, 0.05) is 5.56 Å². The molecule has 0 aliphatic rings. The third kappa shape index (κ3) is 2.50. The molecule has 1 atom stereocenters. The van der Waals surface area contributed by atoms with Gasteiger partial charge >= 0.3 is 0 Å². The first-order valence-electron chi connectivity index (χ1n) is 6.51. The van der Waals surface area contributed by atoms with Gasteiger partial charge in [-0.05, 0) is 46.2 Å². The van der Waals surface area contributed by atoms with Crippen LogP contribution in [0.25, 0.3) is 0 Å². The predicted octanol–water partition coefficient (Wildman–Crippen LogP) is 3.35. The van der Waals surface area contributed by atoms with Gasteiger partial charge in [-0.25, -0.2) is 0 Å². The van der Waals surface area contributed by atoms with Crippen molar-refractivity contribution < 1.29 is 4.42 Å². The van der Waals surface area contributed by atoms with Crippen LogP contribution in [0.3, 0.4) is 0 Å². The van der Waals surface area contributed by atoms with Gasteiger partial charge in [0.1, 0.15) is 23.2 Å². The van der Waals surface area contributed by atoms with E-state index >= 15 is 0 Å². The van der Waals surface area contributed by atoms with Gasteiger partial charge in [0.05, 0.1) is 11.7 Å². The number of rotatable bonds is 3. The van der Waals surface area contributed by atoms with Crippen LogP contribution in [0.4, 0.5) is 5.82 Å². The molecule has 5 nitrogen and oxygen atoms in total. The van der Waals surface area contributed by atoms with Crippen LogP contribution in [-0.2, 0) is 0 Å². The summed E-state index contributed by atoms with van der Waals surface area (Å²) in [6.45, 7) is 9.58. The second-order valence-corrected chi connectivity index (χ2v) is 4.98. The molecule has 0 saturated carbocycles. The molecule has 2 aromatic rings. The highest BCUT2D eigenvalue weighted by Crippen LogP contribution is 2.26. The number of hydrogen-bond donors (Lipinski definition) is 1. The summed E-state index contributed by atoms with van der Waals surface area (Å²) in [5.41, 5.74) is 3.24. The Balaban J connectivity index is 2.33. The van der Waals surface area contributed by atoms with E-state index in [1.54, 1.807) is 0 Å². The number of nitrogens with zero attached hydrogens (tertiary/aromatic N) is 3. The van der Waals surface area contributed by atoms with Crippen molar-refractivity contribution in [3.05, 3.63) is 40.0 Å². The number of aromatic nitrogens is 2. The van der Waals surface area contributed by atoms with Crippen LogP contribution in [0.15, 0.2) is 10.5 Å². The zero-order valence-electron chi connectivity index (χ0n) is 12.4. The van der Waals surface area contributed by atoms with Crippen LogP contribution in [0.1, 0.15) is 46.9 Å². The molecule has 1 N–H and O–H groups in total. The van der Waals surface area contributed by atoms with Crippen LogP contribution in [0.2, 0.25) is 0 Å². The summed E-state index contributed by atoms with van der Waals surface area (Å²) >= 11 is 0. The van der Waals surface area contributed by atoms with Crippen molar-refractivity contribution in [3.63, 3.8) is 0 Å². The van der Waals surface area contributed by atoms with Crippen molar-refractivity contribution in [1.29, 1.82) is 5.26 Å². The lowest BCUT2D eigenvalue weighted by Crippen LogP contribution is -2.12. The molecule has 104 valence electrons. The maximum absolute atomic E-state index is 9.29. The van der Waals surface area contributed by atoms with E-state index in [0.29, 0.717) is 11.4 Å². The monoisotopic (exact) mass is 270 g/mol. The SMILES string of the molecule is Cc1cc(C(C)Nc2nnc(C)c(C)c2C#N)c(C)o1. The van der Waals surface area contributed by atoms with Gasteiger partial charge in [0.15, 0.2) is 5.82 Å². The fourth-order valence-corrected chi connectivity index (χ4v) is 2.21.